The molecule has 0 saturated heterocycles. The Kier molecular flexibility index (Phi) is 5.46. The quantitative estimate of drug-likeness (QED) is 0.412. The normalized spacial score (nSPS) is 10.5. The van der Waals surface area contributed by atoms with Crippen LogP contribution in [0.4, 0.5) is 0 Å². The van der Waals surface area contributed by atoms with Crippen molar-refractivity contribution < 1.29 is 19.4 Å². The van der Waals surface area contributed by atoms with E-state index in [0.717, 1.165) is 0 Å². The second-order valence-electron chi connectivity index (χ2n) is 3.73. The lowest BCUT2D eigenvalue weighted by molar-refractivity contribution is -0.152. The first-order chi connectivity index (χ1) is 6.87. The highest BCUT2D eigenvalue weighted by molar-refractivity contribution is 5.70. The molecule has 0 rings (SSSR count). The van der Waals surface area contributed by atoms with Gasteiger partial charge in [-0.3, -0.25) is 9.59 Å². The molecule has 0 aliphatic heterocycles. The van der Waals surface area contributed by atoms with Gasteiger partial charge in [0.2, 0.25) is 0 Å². The molecule has 0 atom stereocenters. The number of rotatable bonds is 6. The van der Waals surface area contributed by atoms with Crippen LogP contribution >= 0.6 is 0 Å². The van der Waals surface area contributed by atoms with Gasteiger partial charge in [0.25, 0.3) is 0 Å². The van der Waals surface area contributed by atoms with E-state index in [1.165, 1.54) is 0 Å². The summed E-state index contributed by atoms with van der Waals surface area (Å²) in [5, 5.41) is 8.36. The van der Waals surface area contributed by atoms with Crippen molar-refractivity contribution in [2.24, 2.45) is 0 Å². The van der Waals surface area contributed by atoms with Gasteiger partial charge < -0.3 is 9.84 Å². The molecule has 4 nitrogen and oxygen atoms in total. The first kappa shape index (κ1) is 13.5. The van der Waals surface area contributed by atoms with Crippen LogP contribution in [0, 0.1) is 12.3 Å². The number of hydrogen-bond donors (Lipinski definition) is 1. The number of aliphatic carboxylic acids is 1. The number of carbonyl (C=O) groups excluding carboxylic acids is 1. The molecule has 0 aromatic rings. The van der Waals surface area contributed by atoms with Crippen LogP contribution in [0.25, 0.3) is 0 Å². The molecule has 0 aromatic heterocycles. The molecule has 15 heavy (non-hydrogen) atoms. The fourth-order valence-corrected chi connectivity index (χ4v) is 0.911. The zero-order valence-corrected chi connectivity index (χ0v) is 9.08. The Morgan fingerprint density at radius 2 is 1.87 bits per heavy atom. The molecular formula is C11H16O4. The molecular weight excluding hydrogens is 196 g/mol. The minimum atomic E-state index is -0.885. The maximum atomic E-state index is 11.2. The summed E-state index contributed by atoms with van der Waals surface area (Å²) in [7, 11) is 0. The summed E-state index contributed by atoms with van der Waals surface area (Å²) in [6.45, 7) is 3.25. The van der Waals surface area contributed by atoms with Crippen LogP contribution in [-0.4, -0.2) is 22.6 Å². The number of carbonyl (C=O) groups is 2. The van der Waals surface area contributed by atoms with Gasteiger partial charge in [0.15, 0.2) is 5.60 Å². The number of carboxylic acids is 1. The minimum absolute atomic E-state index is 0.0752. The summed E-state index contributed by atoms with van der Waals surface area (Å²) in [6.07, 6.45) is 6.41. The first-order valence-corrected chi connectivity index (χ1v) is 4.79. The summed E-state index contributed by atoms with van der Waals surface area (Å²) < 4.78 is 4.97. The van der Waals surface area contributed by atoms with Gasteiger partial charge in [-0.25, -0.2) is 0 Å². The Hall–Kier alpha value is -1.50. The standard InChI is InChI=1S/C11H16O4/c1-4-11(2,3)15-10(14)8-6-5-7-9(12)13/h1H,5-8H2,2-3H3,(H,12,13). The largest absolute Gasteiger partial charge is 0.481 e. The number of hydrogen-bond acceptors (Lipinski definition) is 3. The van der Waals surface area contributed by atoms with Crippen molar-refractivity contribution in [1.82, 2.24) is 0 Å². The zero-order chi connectivity index (χ0) is 11.9. The van der Waals surface area contributed by atoms with Gasteiger partial charge in [-0.15, -0.1) is 6.42 Å². The molecule has 0 unspecified atom stereocenters. The van der Waals surface area contributed by atoms with E-state index in [9.17, 15) is 9.59 Å². The molecule has 0 bridgehead atoms. The van der Waals surface area contributed by atoms with Gasteiger partial charge >= 0.3 is 11.9 Å². The third kappa shape index (κ3) is 7.56. The monoisotopic (exact) mass is 212 g/mol. The van der Waals surface area contributed by atoms with E-state index < -0.39 is 11.6 Å². The lowest BCUT2D eigenvalue weighted by Gasteiger charge is -2.18. The molecule has 0 heterocycles. The van der Waals surface area contributed by atoms with Crippen molar-refractivity contribution in [2.45, 2.75) is 45.1 Å². The van der Waals surface area contributed by atoms with E-state index in [1.807, 2.05) is 0 Å². The molecule has 0 spiro atoms. The van der Waals surface area contributed by atoms with Crippen molar-refractivity contribution in [3.05, 3.63) is 0 Å². The average molecular weight is 212 g/mol. The second-order valence-corrected chi connectivity index (χ2v) is 3.73. The Bertz CT molecular complexity index is 273. The minimum Gasteiger partial charge on any atom is -0.481 e. The Morgan fingerprint density at radius 1 is 1.33 bits per heavy atom. The highest BCUT2D eigenvalue weighted by Gasteiger charge is 2.18. The summed E-state index contributed by atoms with van der Waals surface area (Å²) in [5.74, 6) is 1.10. The van der Waals surface area contributed by atoms with Crippen LogP contribution in [0.3, 0.4) is 0 Å². The Balaban J connectivity index is 3.68. The molecule has 84 valence electrons. The summed E-state index contributed by atoms with van der Waals surface area (Å²) >= 11 is 0. The molecule has 0 fully saturated rings. The van der Waals surface area contributed by atoms with Crippen molar-refractivity contribution in [2.75, 3.05) is 0 Å². The molecule has 4 heteroatoms. The third-order valence-corrected chi connectivity index (χ3v) is 1.74. The van der Waals surface area contributed by atoms with Gasteiger partial charge in [0.05, 0.1) is 0 Å². The van der Waals surface area contributed by atoms with Gasteiger partial charge in [0.1, 0.15) is 0 Å². The maximum absolute atomic E-state index is 11.2. The predicted molar refractivity (Wildman–Crippen MR) is 55.1 cm³/mol. The van der Waals surface area contributed by atoms with Crippen LogP contribution in [0.15, 0.2) is 0 Å². The van der Waals surface area contributed by atoms with Gasteiger partial charge in [-0.05, 0) is 26.7 Å². The lowest BCUT2D eigenvalue weighted by atomic mass is 10.1. The number of ether oxygens (including phenoxy) is 1. The van der Waals surface area contributed by atoms with Crippen molar-refractivity contribution >= 4 is 11.9 Å². The third-order valence-electron chi connectivity index (χ3n) is 1.74. The number of carboxylic acid groups (broad SMARTS) is 1. The van der Waals surface area contributed by atoms with E-state index >= 15 is 0 Å². The average Bonchev–Trinajstić information content (AvgIpc) is 2.11. The molecule has 0 amide bonds. The Labute approximate surface area is 89.6 Å². The SMILES string of the molecule is C#CC(C)(C)OC(=O)CCCCC(=O)O. The maximum Gasteiger partial charge on any atom is 0.307 e. The van der Waals surface area contributed by atoms with Crippen molar-refractivity contribution in [3.8, 4) is 12.3 Å². The van der Waals surface area contributed by atoms with Crippen LogP contribution in [0.1, 0.15) is 39.5 Å². The molecule has 0 aliphatic carbocycles. The zero-order valence-electron chi connectivity index (χ0n) is 9.08. The predicted octanol–water partition coefficient (Wildman–Crippen LogP) is 1.59. The molecule has 0 radical (unpaired) electrons. The van der Waals surface area contributed by atoms with Gasteiger partial charge in [-0.2, -0.15) is 0 Å². The van der Waals surface area contributed by atoms with Crippen molar-refractivity contribution in [3.63, 3.8) is 0 Å². The van der Waals surface area contributed by atoms with Gasteiger partial charge in [-0.1, -0.05) is 5.92 Å². The van der Waals surface area contributed by atoms with E-state index in [0.29, 0.717) is 12.8 Å². The molecule has 0 aliphatic rings. The van der Waals surface area contributed by atoms with E-state index in [1.54, 1.807) is 13.8 Å². The molecule has 0 saturated carbocycles. The van der Waals surface area contributed by atoms with Crippen molar-refractivity contribution in [1.29, 1.82) is 0 Å². The number of esters is 1. The second kappa shape index (κ2) is 6.07. The van der Waals surface area contributed by atoms with E-state index in [2.05, 4.69) is 5.92 Å². The summed E-state index contributed by atoms with van der Waals surface area (Å²) in [5.41, 5.74) is -0.885. The lowest BCUT2D eigenvalue weighted by Crippen LogP contribution is -2.25. The topological polar surface area (TPSA) is 63.6 Å². The van der Waals surface area contributed by atoms with E-state index in [4.69, 9.17) is 16.3 Å². The summed E-state index contributed by atoms with van der Waals surface area (Å²) in [4.78, 5) is 21.4. The van der Waals surface area contributed by atoms with Crippen LogP contribution in [0.5, 0.6) is 0 Å². The fraction of sp³-hybridized carbons (Fsp3) is 0.636. The highest BCUT2D eigenvalue weighted by atomic mass is 16.6. The highest BCUT2D eigenvalue weighted by Crippen LogP contribution is 2.10. The number of terminal acetylenes is 1. The van der Waals surface area contributed by atoms with Crippen LogP contribution < -0.4 is 0 Å². The Morgan fingerprint density at radius 3 is 2.33 bits per heavy atom. The fourth-order valence-electron chi connectivity index (χ4n) is 0.911. The molecule has 0 aromatic carbocycles. The van der Waals surface area contributed by atoms with Gasteiger partial charge in [0, 0.05) is 12.8 Å². The van der Waals surface area contributed by atoms with E-state index in [-0.39, 0.29) is 18.8 Å². The summed E-state index contributed by atoms with van der Waals surface area (Å²) in [6, 6.07) is 0. The number of unbranched alkanes of at least 4 members (excludes halogenated alkanes) is 1. The van der Waals surface area contributed by atoms with Crippen LogP contribution in [-0.2, 0) is 14.3 Å². The van der Waals surface area contributed by atoms with Crippen LogP contribution in [0.2, 0.25) is 0 Å². The molecule has 1 N–H and O–H groups in total. The first-order valence-electron chi connectivity index (χ1n) is 4.79. The smallest absolute Gasteiger partial charge is 0.307 e.